The van der Waals surface area contributed by atoms with E-state index in [4.69, 9.17) is 0 Å². The van der Waals surface area contributed by atoms with Gasteiger partial charge in [0.25, 0.3) is 0 Å². The van der Waals surface area contributed by atoms with Gasteiger partial charge in [0.15, 0.2) is 0 Å². The third-order valence-electron chi connectivity index (χ3n) is 6.31. The van der Waals surface area contributed by atoms with Crippen LogP contribution in [0.2, 0.25) is 0 Å². The van der Waals surface area contributed by atoms with Crippen LogP contribution in [0.3, 0.4) is 0 Å². The molecule has 0 aromatic heterocycles. The molecule has 2 saturated heterocycles. The molecular weight excluding hydrogens is 409 g/mol. The predicted octanol–water partition coefficient (Wildman–Crippen LogP) is 2.62. The van der Waals surface area contributed by atoms with E-state index in [2.05, 4.69) is 5.32 Å². The minimum Gasteiger partial charge on any atom is -0.344 e. The highest BCUT2D eigenvalue weighted by Crippen LogP contribution is 2.24. The van der Waals surface area contributed by atoms with Gasteiger partial charge in [0, 0.05) is 32.6 Å². The van der Waals surface area contributed by atoms with Gasteiger partial charge >= 0.3 is 0 Å². The van der Waals surface area contributed by atoms with Crippen LogP contribution < -0.4 is 5.32 Å². The van der Waals surface area contributed by atoms with Crippen LogP contribution in [0.25, 0.3) is 11.1 Å². The second-order valence-electron chi connectivity index (χ2n) is 8.47. The molecule has 0 unspecified atom stereocenters. The lowest BCUT2D eigenvalue weighted by Crippen LogP contribution is -2.46. The summed E-state index contributed by atoms with van der Waals surface area (Å²) in [5, 5.41) is 2.75. The van der Waals surface area contributed by atoms with Gasteiger partial charge in [-0.05, 0) is 48.6 Å². The number of hydrogen-bond donors (Lipinski definition) is 1. The maximum atomic E-state index is 13.3. The second-order valence-corrected chi connectivity index (χ2v) is 8.47. The first-order valence-corrected chi connectivity index (χ1v) is 11.2. The topological polar surface area (TPSA) is 69.7 Å². The van der Waals surface area contributed by atoms with Gasteiger partial charge in [-0.3, -0.25) is 14.4 Å². The van der Waals surface area contributed by atoms with E-state index >= 15 is 0 Å². The zero-order valence-corrected chi connectivity index (χ0v) is 18.2. The van der Waals surface area contributed by atoms with Crippen LogP contribution in [0.1, 0.15) is 25.3 Å². The zero-order valence-electron chi connectivity index (χ0n) is 18.2. The number of amides is 3. The SMILES string of the molecule is CCN1CCN(C(=O)[C@@H]2CCC(=O)N2)C[C@H](Cc2cccc(-c3ccc(F)cc3)c2)C1=O. The Balaban J connectivity index is 1.54. The van der Waals surface area contributed by atoms with Crippen molar-refractivity contribution in [2.24, 2.45) is 5.92 Å². The van der Waals surface area contributed by atoms with Crippen molar-refractivity contribution in [1.29, 1.82) is 0 Å². The van der Waals surface area contributed by atoms with Gasteiger partial charge in [0.2, 0.25) is 17.7 Å². The van der Waals surface area contributed by atoms with Gasteiger partial charge in [-0.2, -0.15) is 0 Å². The molecule has 2 heterocycles. The summed E-state index contributed by atoms with van der Waals surface area (Å²) in [6.07, 6.45) is 1.37. The Morgan fingerprint density at radius 2 is 1.88 bits per heavy atom. The second kappa shape index (κ2) is 9.51. The summed E-state index contributed by atoms with van der Waals surface area (Å²) in [6, 6.07) is 13.7. The molecule has 32 heavy (non-hydrogen) atoms. The molecule has 2 aromatic carbocycles. The Bertz CT molecular complexity index is 1010. The van der Waals surface area contributed by atoms with Crippen LogP contribution in [0.15, 0.2) is 48.5 Å². The summed E-state index contributed by atoms with van der Waals surface area (Å²) >= 11 is 0. The van der Waals surface area contributed by atoms with E-state index in [1.54, 1.807) is 21.9 Å². The Kier molecular flexibility index (Phi) is 6.53. The maximum Gasteiger partial charge on any atom is 0.245 e. The molecule has 2 aromatic rings. The first kappa shape index (κ1) is 22.0. The number of likely N-dealkylation sites (N-methyl/N-ethyl adjacent to an activating group) is 1. The van der Waals surface area contributed by atoms with Gasteiger partial charge in [-0.25, -0.2) is 4.39 Å². The van der Waals surface area contributed by atoms with Crippen molar-refractivity contribution in [1.82, 2.24) is 15.1 Å². The Hall–Kier alpha value is -3.22. The zero-order chi connectivity index (χ0) is 22.7. The molecule has 6 nitrogen and oxygen atoms in total. The predicted molar refractivity (Wildman–Crippen MR) is 119 cm³/mol. The highest BCUT2D eigenvalue weighted by Gasteiger charge is 2.36. The molecule has 0 spiro atoms. The number of rotatable bonds is 5. The lowest BCUT2D eigenvalue weighted by Gasteiger charge is -2.26. The van der Waals surface area contributed by atoms with Crippen molar-refractivity contribution in [3.63, 3.8) is 0 Å². The summed E-state index contributed by atoms with van der Waals surface area (Å²) in [5.74, 6) is -0.797. The van der Waals surface area contributed by atoms with E-state index in [9.17, 15) is 18.8 Å². The van der Waals surface area contributed by atoms with Gasteiger partial charge in [0.1, 0.15) is 11.9 Å². The average molecular weight is 438 g/mol. The van der Waals surface area contributed by atoms with E-state index in [0.29, 0.717) is 45.4 Å². The largest absolute Gasteiger partial charge is 0.344 e. The molecule has 0 bridgehead atoms. The van der Waals surface area contributed by atoms with Gasteiger partial charge < -0.3 is 15.1 Å². The fourth-order valence-corrected chi connectivity index (χ4v) is 4.54. The van der Waals surface area contributed by atoms with Crippen LogP contribution in [0.4, 0.5) is 4.39 Å². The maximum absolute atomic E-state index is 13.3. The summed E-state index contributed by atoms with van der Waals surface area (Å²) < 4.78 is 13.3. The van der Waals surface area contributed by atoms with E-state index in [-0.39, 0.29) is 29.5 Å². The lowest BCUT2D eigenvalue weighted by atomic mass is 9.94. The van der Waals surface area contributed by atoms with Gasteiger partial charge in [-0.1, -0.05) is 36.4 Å². The third-order valence-corrected chi connectivity index (χ3v) is 6.31. The summed E-state index contributed by atoms with van der Waals surface area (Å²) in [7, 11) is 0. The fraction of sp³-hybridized carbons (Fsp3) is 0.400. The molecule has 2 atom stereocenters. The normalized spacial score (nSPS) is 21.4. The number of nitrogens with one attached hydrogen (secondary N) is 1. The van der Waals surface area contributed by atoms with E-state index in [1.807, 2.05) is 31.2 Å². The van der Waals surface area contributed by atoms with Crippen molar-refractivity contribution in [3.05, 3.63) is 59.9 Å². The third kappa shape index (κ3) is 4.82. The molecule has 1 N–H and O–H groups in total. The van der Waals surface area contributed by atoms with E-state index in [0.717, 1.165) is 16.7 Å². The van der Waals surface area contributed by atoms with Crippen molar-refractivity contribution < 1.29 is 18.8 Å². The van der Waals surface area contributed by atoms with Crippen LogP contribution in [-0.2, 0) is 20.8 Å². The molecule has 2 aliphatic heterocycles. The monoisotopic (exact) mass is 437 g/mol. The number of hydrogen-bond acceptors (Lipinski definition) is 3. The molecule has 7 heteroatoms. The summed E-state index contributed by atoms with van der Waals surface area (Å²) in [4.78, 5) is 41.3. The standard InChI is InChI=1S/C25H28FN3O3/c1-2-28-12-13-29(25(32)22-10-11-23(30)27-22)16-20(24(28)31)15-17-4-3-5-19(14-17)18-6-8-21(26)9-7-18/h3-9,14,20,22H,2,10-13,15-16H2,1H3,(H,27,30)/t20-,22-/m0/s1. The highest BCUT2D eigenvalue weighted by molar-refractivity contribution is 5.91. The number of benzene rings is 2. The Labute approximate surface area is 187 Å². The Morgan fingerprint density at radius 1 is 1.09 bits per heavy atom. The summed E-state index contributed by atoms with van der Waals surface area (Å²) in [6.45, 7) is 3.83. The minimum absolute atomic E-state index is 0.0467. The molecule has 0 radical (unpaired) electrons. The van der Waals surface area contributed by atoms with E-state index in [1.165, 1.54) is 12.1 Å². The first-order valence-electron chi connectivity index (χ1n) is 11.2. The van der Waals surface area contributed by atoms with Crippen LogP contribution in [0, 0.1) is 11.7 Å². The van der Waals surface area contributed by atoms with Crippen LogP contribution in [0.5, 0.6) is 0 Å². The molecule has 3 amide bonds. The minimum atomic E-state index is -0.492. The molecule has 168 valence electrons. The van der Waals surface area contributed by atoms with E-state index < -0.39 is 6.04 Å². The van der Waals surface area contributed by atoms with Crippen molar-refractivity contribution in [2.75, 3.05) is 26.2 Å². The average Bonchev–Trinajstić information content (AvgIpc) is 3.17. The molecule has 2 fully saturated rings. The molecular formula is C25H28FN3O3. The molecule has 4 rings (SSSR count). The molecule has 2 aliphatic rings. The van der Waals surface area contributed by atoms with Crippen LogP contribution >= 0.6 is 0 Å². The quantitative estimate of drug-likeness (QED) is 0.782. The number of nitrogens with zero attached hydrogens (tertiary/aromatic N) is 2. The van der Waals surface area contributed by atoms with Crippen molar-refractivity contribution >= 4 is 17.7 Å². The van der Waals surface area contributed by atoms with Gasteiger partial charge in [-0.15, -0.1) is 0 Å². The summed E-state index contributed by atoms with van der Waals surface area (Å²) in [5.41, 5.74) is 2.85. The smallest absolute Gasteiger partial charge is 0.245 e. The molecule has 0 saturated carbocycles. The number of carbonyl (C=O) groups excluding carboxylic acids is 3. The Morgan fingerprint density at radius 3 is 2.56 bits per heavy atom. The first-order chi connectivity index (χ1) is 15.4. The number of halogens is 1. The van der Waals surface area contributed by atoms with Crippen molar-refractivity contribution in [3.8, 4) is 11.1 Å². The number of carbonyl (C=O) groups is 3. The van der Waals surface area contributed by atoms with Gasteiger partial charge in [0.05, 0.1) is 5.92 Å². The highest BCUT2D eigenvalue weighted by atomic mass is 19.1. The van der Waals surface area contributed by atoms with Crippen LogP contribution in [-0.4, -0.2) is 59.7 Å². The van der Waals surface area contributed by atoms with Crippen molar-refractivity contribution in [2.45, 2.75) is 32.2 Å². The lowest BCUT2D eigenvalue weighted by molar-refractivity contribution is -0.136. The fourth-order valence-electron chi connectivity index (χ4n) is 4.54. The molecule has 0 aliphatic carbocycles.